The molecule has 0 bridgehead atoms. The van der Waals surface area contributed by atoms with Crippen molar-refractivity contribution in [3.05, 3.63) is 34.9 Å². The standard InChI is InChI=1S/C12H16ClNO/c1-9-12(6-7-15-9)14-8-10-2-4-11(13)5-3-10/h2-5,9,12,14H,6-8H2,1H3/t9-,12-/m1/s1. The number of hydrogen-bond donors (Lipinski definition) is 1. The minimum Gasteiger partial charge on any atom is -0.377 e. The zero-order valence-corrected chi connectivity index (χ0v) is 9.63. The van der Waals surface area contributed by atoms with Crippen LogP contribution >= 0.6 is 11.6 Å². The molecule has 0 amide bonds. The van der Waals surface area contributed by atoms with Gasteiger partial charge >= 0.3 is 0 Å². The molecule has 1 aromatic rings. The normalized spacial score (nSPS) is 25.7. The Morgan fingerprint density at radius 3 is 2.73 bits per heavy atom. The van der Waals surface area contributed by atoms with E-state index in [1.54, 1.807) is 0 Å². The van der Waals surface area contributed by atoms with Gasteiger partial charge in [0, 0.05) is 24.2 Å². The molecule has 15 heavy (non-hydrogen) atoms. The average molecular weight is 226 g/mol. The van der Waals surface area contributed by atoms with E-state index in [0.29, 0.717) is 12.1 Å². The summed E-state index contributed by atoms with van der Waals surface area (Å²) >= 11 is 5.82. The Morgan fingerprint density at radius 2 is 2.13 bits per heavy atom. The number of halogens is 1. The summed E-state index contributed by atoms with van der Waals surface area (Å²) in [6.45, 7) is 3.88. The van der Waals surface area contributed by atoms with Gasteiger partial charge < -0.3 is 10.1 Å². The molecule has 0 saturated carbocycles. The van der Waals surface area contributed by atoms with E-state index in [4.69, 9.17) is 16.3 Å². The monoisotopic (exact) mass is 225 g/mol. The molecular weight excluding hydrogens is 210 g/mol. The van der Waals surface area contributed by atoms with Gasteiger partial charge in [-0.05, 0) is 31.0 Å². The Kier molecular flexibility index (Phi) is 3.62. The van der Waals surface area contributed by atoms with E-state index in [9.17, 15) is 0 Å². The number of hydrogen-bond acceptors (Lipinski definition) is 2. The third-order valence-corrected chi connectivity index (χ3v) is 3.11. The largest absolute Gasteiger partial charge is 0.377 e. The molecule has 1 aliphatic heterocycles. The van der Waals surface area contributed by atoms with Crippen LogP contribution in [-0.2, 0) is 11.3 Å². The Balaban J connectivity index is 1.85. The lowest BCUT2D eigenvalue weighted by Gasteiger charge is -2.15. The van der Waals surface area contributed by atoms with Crippen molar-refractivity contribution < 1.29 is 4.74 Å². The van der Waals surface area contributed by atoms with Gasteiger partial charge in [0.25, 0.3) is 0 Å². The summed E-state index contributed by atoms with van der Waals surface area (Å²) in [5, 5.41) is 4.29. The van der Waals surface area contributed by atoms with Crippen LogP contribution in [0.1, 0.15) is 18.9 Å². The van der Waals surface area contributed by atoms with Crippen LogP contribution in [0.3, 0.4) is 0 Å². The highest BCUT2D eigenvalue weighted by molar-refractivity contribution is 6.30. The molecule has 0 radical (unpaired) electrons. The fourth-order valence-corrected chi connectivity index (χ4v) is 1.98. The van der Waals surface area contributed by atoms with E-state index in [-0.39, 0.29) is 0 Å². The quantitative estimate of drug-likeness (QED) is 0.854. The van der Waals surface area contributed by atoms with Gasteiger partial charge in [-0.3, -0.25) is 0 Å². The molecule has 3 heteroatoms. The third kappa shape index (κ3) is 2.94. The summed E-state index contributed by atoms with van der Waals surface area (Å²) < 4.78 is 5.49. The Hall–Kier alpha value is -0.570. The predicted molar refractivity (Wildman–Crippen MR) is 62.1 cm³/mol. The molecular formula is C12H16ClNO. The maximum Gasteiger partial charge on any atom is 0.0700 e. The molecule has 2 atom stereocenters. The average Bonchev–Trinajstić information content (AvgIpc) is 2.63. The minimum absolute atomic E-state index is 0.331. The summed E-state index contributed by atoms with van der Waals surface area (Å²) in [7, 11) is 0. The van der Waals surface area contributed by atoms with Crippen LogP contribution < -0.4 is 5.32 Å². The molecule has 1 saturated heterocycles. The molecule has 0 unspecified atom stereocenters. The fourth-order valence-electron chi connectivity index (χ4n) is 1.85. The second-order valence-corrected chi connectivity index (χ2v) is 4.41. The SMILES string of the molecule is C[C@H]1OCC[C@H]1NCc1ccc(Cl)cc1. The van der Waals surface area contributed by atoms with Gasteiger partial charge in [-0.1, -0.05) is 23.7 Å². The number of benzene rings is 1. The van der Waals surface area contributed by atoms with Gasteiger partial charge in [0.05, 0.1) is 6.10 Å². The minimum atomic E-state index is 0.331. The maximum atomic E-state index is 5.82. The van der Waals surface area contributed by atoms with Crippen molar-refractivity contribution in [3.8, 4) is 0 Å². The summed E-state index contributed by atoms with van der Waals surface area (Å²) in [6, 6.07) is 8.44. The van der Waals surface area contributed by atoms with E-state index in [1.807, 2.05) is 12.1 Å². The molecule has 0 aliphatic carbocycles. The van der Waals surface area contributed by atoms with Crippen molar-refractivity contribution in [1.82, 2.24) is 5.32 Å². The second kappa shape index (κ2) is 4.97. The molecule has 2 rings (SSSR count). The summed E-state index contributed by atoms with van der Waals surface area (Å²) in [5.74, 6) is 0. The Labute approximate surface area is 95.6 Å². The first-order chi connectivity index (χ1) is 7.25. The van der Waals surface area contributed by atoms with E-state index < -0.39 is 0 Å². The molecule has 1 aliphatic rings. The molecule has 1 fully saturated rings. The lowest BCUT2D eigenvalue weighted by atomic mass is 10.1. The van der Waals surface area contributed by atoms with Crippen molar-refractivity contribution in [1.29, 1.82) is 0 Å². The van der Waals surface area contributed by atoms with Crippen molar-refractivity contribution in [2.75, 3.05) is 6.61 Å². The van der Waals surface area contributed by atoms with Crippen molar-refractivity contribution in [3.63, 3.8) is 0 Å². The molecule has 1 N–H and O–H groups in total. The lowest BCUT2D eigenvalue weighted by molar-refractivity contribution is 0.113. The Morgan fingerprint density at radius 1 is 1.40 bits per heavy atom. The molecule has 82 valence electrons. The number of nitrogens with one attached hydrogen (secondary N) is 1. The smallest absolute Gasteiger partial charge is 0.0700 e. The van der Waals surface area contributed by atoms with Crippen LogP contribution in [0.2, 0.25) is 5.02 Å². The van der Waals surface area contributed by atoms with Crippen molar-refractivity contribution in [2.45, 2.75) is 32.0 Å². The number of rotatable bonds is 3. The van der Waals surface area contributed by atoms with Crippen LogP contribution in [0.15, 0.2) is 24.3 Å². The molecule has 0 spiro atoms. The first kappa shape index (κ1) is 10.9. The van der Waals surface area contributed by atoms with E-state index >= 15 is 0 Å². The van der Waals surface area contributed by atoms with Gasteiger partial charge in [0.1, 0.15) is 0 Å². The van der Waals surface area contributed by atoms with E-state index in [2.05, 4.69) is 24.4 Å². The highest BCUT2D eigenvalue weighted by atomic mass is 35.5. The third-order valence-electron chi connectivity index (χ3n) is 2.86. The van der Waals surface area contributed by atoms with E-state index in [0.717, 1.165) is 24.6 Å². The van der Waals surface area contributed by atoms with Crippen molar-refractivity contribution >= 4 is 11.6 Å². The zero-order valence-electron chi connectivity index (χ0n) is 8.87. The summed E-state index contributed by atoms with van der Waals surface area (Å²) in [5.41, 5.74) is 1.26. The number of ether oxygens (including phenoxy) is 1. The zero-order chi connectivity index (χ0) is 10.7. The van der Waals surface area contributed by atoms with Gasteiger partial charge in [-0.15, -0.1) is 0 Å². The second-order valence-electron chi connectivity index (χ2n) is 3.98. The van der Waals surface area contributed by atoms with E-state index in [1.165, 1.54) is 5.56 Å². The molecule has 2 nitrogen and oxygen atoms in total. The summed E-state index contributed by atoms with van der Waals surface area (Å²) in [6.07, 6.45) is 1.44. The lowest BCUT2D eigenvalue weighted by Crippen LogP contribution is -2.34. The van der Waals surface area contributed by atoms with Crippen LogP contribution in [0.4, 0.5) is 0 Å². The van der Waals surface area contributed by atoms with Crippen molar-refractivity contribution in [2.24, 2.45) is 0 Å². The first-order valence-corrected chi connectivity index (χ1v) is 5.73. The van der Waals surface area contributed by atoms with Gasteiger partial charge in [-0.2, -0.15) is 0 Å². The first-order valence-electron chi connectivity index (χ1n) is 5.35. The Bertz CT molecular complexity index is 312. The maximum absolute atomic E-state index is 5.82. The fraction of sp³-hybridized carbons (Fsp3) is 0.500. The molecule has 1 heterocycles. The van der Waals surface area contributed by atoms with Gasteiger partial charge in [0.2, 0.25) is 0 Å². The van der Waals surface area contributed by atoms with Crippen LogP contribution in [0, 0.1) is 0 Å². The summed E-state index contributed by atoms with van der Waals surface area (Å²) in [4.78, 5) is 0. The van der Waals surface area contributed by atoms with Crippen LogP contribution in [0.25, 0.3) is 0 Å². The highest BCUT2D eigenvalue weighted by Crippen LogP contribution is 2.14. The predicted octanol–water partition coefficient (Wildman–Crippen LogP) is 2.61. The highest BCUT2D eigenvalue weighted by Gasteiger charge is 2.23. The van der Waals surface area contributed by atoms with Crippen LogP contribution in [-0.4, -0.2) is 18.8 Å². The molecule has 1 aromatic carbocycles. The topological polar surface area (TPSA) is 21.3 Å². The molecule has 0 aromatic heterocycles. The van der Waals surface area contributed by atoms with Crippen LogP contribution in [0.5, 0.6) is 0 Å². The van der Waals surface area contributed by atoms with Gasteiger partial charge in [0.15, 0.2) is 0 Å². The van der Waals surface area contributed by atoms with Gasteiger partial charge in [-0.25, -0.2) is 0 Å².